The van der Waals surface area contributed by atoms with Crippen molar-refractivity contribution in [2.75, 3.05) is 16.8 Å². The van der Waals surface area contributed by atoms with Crippen LogP contribution in [0, 0.1) is 11.3 Å². The Morgan fingerprint density at radius 1 is 1.35 bits per heavy atom. The van der Waals surface area contributed by atoms with E-state index in [0.29, 0.717) is 17.0 Å². The molecule has 2 rings (SSSR count). The molecular formula is C22H24Cl2N4O3. The zero-order valence-corrected chi connectivity index (χ0v) is 19.3. The molecule has 0 aromatic heterocycles. The second kappa shape index (κ2) is 9.46. The van der Waals surface area contributed by atoms with Crippen LogP contribution in [-0.2, 0) is 4.79 Å². The number of nitriles is 1. The number of hydrogen-bond acceptors (Lipinski definition) is 4. The fourth-order valence-corrected chi connectivity index (χ4v) is 3.12. The van der Waals surface area contributed by atoms with E-state index in [1.54, 1.807) is 6.92 Å². The van der Waals surface area contributed by atoms with Gasteiger partial charge < -0.3 is 20.3 Å². The minimum Gasteiger partial charge on any atom is -0.479 e. The maximum absolute atomic E-state index is 12.8. The van der Waals surface area contributed by atoms with E-state index in [-0.39, 0.29) is 33.8 Å². The number of anilines is 2. The van der Waals surface area contributed by atoms with E-state index in [1.807, 2.05) is 26.8 Å². The molecule has 0 aliphatic carbocycles. The first-order valence-corrected chi connectivity index (χ1v) is 10.1. The van der Waals surface area contributed by atoms with Crippen molar-refractivity contribution in [1.29, 1.82) is 5.26 Å². The van der Waals surface area contributed by atoms with Crippen LogP contribution in [0.2, 0.25) is 0 Å². The average Bonchev–Trinajstić information content (AvgIpc) is 2.62. The van der Waals surface area contributed by atoms with Gasteiger partial charge in [-0.25, -0.2) is 4.79 Å². The molecule has 3 amide bonds. The third-order valence-electron chi connectivity index (χ3n) is 4.17. The van der Waals surface area contributed by atoms with Gasteiger partial charge in [-0.3, -0.25) is 4.79 Å². The van der Waals surface area contributed by atoms with Gasteiger partial charge in [0.15, 0.2) is 6.10 Å². The van der Waals surface area contributed by atoms with Crippen LogP contribution in [0.4, 0.5) is 16.2 Å². The predicted octanol–water partition coefficient (Wildman–Crippen LogP) is 5.02. The van der Waals surface area contributed by atoms with Gasteiger partial charge in [-0.2, -0.15) is 5.26 Å². The highest BCUT2D eigenvalue weighted by molar-refractivity contribution is 6.33. The number of halogens is 2. The maximum atomic E-state index is 12.8. The van der Waals surface area contributed by atoms with Gasteiger partial charge in [0.1, 0.15) is 11.8 Å². The number of nitrogens with zero attached hydrogens (tertiary/aromatic N) is 2. The van der Waals surface area contributed by atoms with Crippen molar-refractivity contribution in [3.05, 3.63) is 52.6 Å². The summed E-state index contributed by atoms with van der Waals surface area (Å²) < 4.78 is 5.73. The molecule has 1 aliphatic heterocycles. The van der Waals surface area contributed by atoms with Crippen molar-refractivity contribution in [1.82, 2.24) is 5.32 Å². The Bertz CT molecular complexity index is 1020. The Kier molecular flexibility index (Phi) is 7.42. The molecule has 0 saturated carbocycles. The topological polar surface area (TPSA) is 94.5 Å². The SMILES string of the molecule is C=C(Cl)/C=C(/CN1C(=O)C(C)Oc2cc(NC(=O)NC(C)(C)C)c(C#N)cc21)C(=C)Cl. The van der Waals surface area contributed by atoms with Crippen molar-refractivity contribution in [2.45, 2.75) is 39.3 Å². The van der Waals surface area contributed by atoms with E-state index in [2.05, 4.69) is 23.8 Å². The molecule has 9 heteroatoms. The highest BCUT2D eigenvalue weighted by Crippen LogP contribution is 2.39. The largest absolute Gasteiger partial charge is 0.479 e. The summed E-state index contributed by atoms with van der Waals surface area (Å²) in [7, 11) is 0. The quantitative estimate of drug-likeness (QED) is 0.600. The van der Waals surface area contributed by atoms with E-state index in [4.69, 9.17) is 27.9 Å². The Labute approximate surface area is 191 Å². The third-order valence-corrected chi connectivity index (χ3v) is 4.52. The Morgan fingerprint density at radius 3 is 2.52 bits per heavy atom. The highest BCUT2D eigenvalue weighted by atomic mass is 35.5. The molecule has 1 heterocycles. The molecule has 0 bridgehead atoms. The third kappa shape index (κ3) is 6.27. The van der Waals surface area contributed by atoms with Gasteiger partial charge in [0.25, 0.3) is 5.91 Å². The minimum absolute atomic E-state index is 0.0513. The lowest BCUT2D eigenvalue weighted by Gasteiger charge is -2.34. The smallest absolute Gasteiger partial charge is 0.319 e. The standard InChI is InChI=1S/C22H24Cl2N4O3/c1-12(23)7-16(13(2)24)11-28-18-8-15(10-25)17(26-21(30)27-22(4,5)6)9-19(18)31-14(3)20(28)29/h7-9,14H,1-2,11H2,3-6H3,(H2,26,27,30)/b16-7-. The molecule has 1 aliphatic rings. The monoisotopic (exact) mass is 462 g/mol. The van der Waals surface area contributed by atoms with Crippen LogP contribution in [0.15, 0.2) is 47.0 Å². The van der Waals surface area contributed by atoms with Crippen molar-refractivity contribution in [3.8, 4) is 11.8 Å². The van der Waals surface area contributed by atoms with Crippen molar-refractivity contribution >= 4 is 46.5 Å². The van der Waals surface area contributed by atoms with E-state index in [9.17, 15) is 14.9 Å². The highest BCUT2D eigenvalue weighted by Gasteiger charge is 2.33. The number of urea groups is 1. The summed E-state index contributed by atoms with van der Waals surface area (Å²) in [5, 5.41) is 15.5. The molecule has 1 atom stereocenters. The van der Waals surface area contributed by atoms with E-state index >= 15 is 0 Å². The molecule has 2 N–H and O–H groups in total. The van der Waals surface area contributed by atoms with Gasteiger partial charge in [-0.15, -0.1) is 0 Å². The lowest BCUT2D eigenvalue weighted by molar-refractivity contribution is -0.125. The molecule has 0 saturated heterocycles. The van der Waals surface area contributed by atoms with Crippen LogP contribution in [0.3, 0.4) is 0 Å². The number of carbonyl (C=O) groups is 2. The number of rotatable bonds is 5. The lowest BCUT2D eigenvalue weighted by Crippen LogP contribution is -2.45. The van der Waals surface area contributed by atoms with Crippen LogP contribution >= 0.6 is 23.2 Å². The molecule has 164 valence electrons. The van der Waals surface area contributed by atoms with Gasteiger partial charge in [0.2, 0.25) is 0 Å². The van der Waals surface area contributed by atoms with Gasteiger partial charge in [0, 0.05) is 21.7 Å². The van der Waals surface area contributed by atoms with Gasteiger partial charge in [-0.05, 0) is 45.4 Å². The van der Waals surface area contributed by atoms with Crippen LogP contribution in [0.1, 0.15) is 33.3 Å². The average molecular weight is 463 g/mol. The molecule has 7 nitrogen and oxygen atoms in total. The Balaban J connectivity index is 2.49. The molecular weight excluding hydrogens is 439 g/mol. The Hall–Kier alpha value is -2.95. The van der Waals surface area contributed by atoms with Crippen molar-refractivity contribution in [2.24, 2.45) is 0 Å². The maximum Gasteiger partial charge on any atom is 0.319 e. The summed E-state index contributed by atoms with van der Waals surface area (Å²) in [6, 6.07) is 4.57. The number of amides is 3. The van der Waals surface area contributed by atoms with Crippen LogP contribution in [0.25, 0.3) is 0 Å². The predicted molar refractivity (Wildman–Crippen MR) is 124 cm³/mol. The van der Waals surface area contributed by atoms with Crippen molar-refractivity contribution in [3.63, 3.8) is 0 Å². The number of hydrogen-bond donors (Lipinski definition) is 2. The molecule has 0 spiro atoms. The van der Waals surface area contributed by atoms with Crippen molar-refractivity contribution < 1.29 is 14.3 Å². The van der Waals surface area contributed by atoms with Gasteiger partial charge >= 0.3 is 6.03 Å². The second-order valence-corrected chi connectivity index (χ2v) is 8.95. The summed E-state index contributed by atoms with van der Waals surface area (Å²) >= 11 is 11.9. The van der Waals surface area contributed by atoms with E-state index < -0.39 is 17.7 Å². The minimum atomic E-state index is -0.791. The number of fused-ring (bicyclic) bond motifs is 1. The van der Waals surface area contributed by atoms with Gasteiger partial charge in [0.05, 0.1) is 23.5 Å². The first kappa shape index (κ1) is 24.3. The van der Waals surface area contributed by atoms with Crippen LogP contribution in [0.5, 0.6) is 5.75 Å². The number of allylic oxidation sites excluding steroid dienone is 2. The number of benzene rings is 1. The number of nitrogens with one attached hydrogen (secondary N) is 2. The first-order chi connectivity index (χ1) is 14.3. The lowest BCUT2D eigenvalue weighted by atomic mass is 10.1. The second-order valence-electron chi connectivity index (χ2n) is 8.01. The summed E-state index contributed by atoms with van der Waals surface area (Å²) in [6.07, 6.45) is 0.725. The summed E-state index contributed by atoms with van der Waals surface area (Å²) in [4.78, 5) is 26.5. The van der Waals surface area contributed by atoms with E-state index in [1.165, 1.54) is 23.1 Å². The molecule has 0 fully saturated rings. The summed E-state index contributed by atoms with van der Waals surface area (Å²) in [6.45, 7) is 14.5. The van der Waals surface area contributed by atoms with Gasteiger partial charge in [-0.1, -0.05) is 36.4 Å². The van der Waals surface area contributed by atoms with E-state index in [0.717, 1.165) is 0 Å². The number of ether oxygens (including phenoxy) is 1. The zero-order valence-electron chi connectivity index (χ0n) is 17.8. The fraction of sp³-hybridized carbons (Fsp3) is 0.318. The molecule has 31 heavy (non-hydrogen) atoms. The Morgan fingerprint density at radius 2 is 2.00 bits per heavy atom. The fourth-order valence-electron chi connectivity index (χ4n) is 2.88. The molecule has 1 aromatic rings. The molecule has 1 unspecified atom stereocenters. The molecule has 0 radical (unpaired) electrons. The van der Waals surface area contributed by atoms with Crippen LogP contribution in [-0.4, -0.2) is 30.1 Å². The molecule has 1 aromatic carbocycles. The summed E-state index contributed by atoms with van der Waals surface area (Å²) in [5.74, 6) is 0.00738. The number of carbonyl (C=O) groups excluding carboxylic acids is 2. The first-order valence-electron chi connectivity index (χ1n) is 9.37. The zero-order chi connectivity index (χ0) is 23.5. The summed E-state index contributed by atoms with van der Waals surface area (Å²) in [5.41, 5.74) is 0.816. The normalized spacial score (nSPS) is 16.0. The van der Waals surface area contributed by atoms with Crippen LogP contribution < -0.4 is 20.3 Å².